The van der Waals surface area contributed by atoms with Crippen LogP contribution in [0.3, 0.4) is 0 Å². The van der Waals surface area contributed by atoms with E-state index in [1.165, 1.54) is 19.9 Å². The van der Waals surface area contributed by atoms with Crippen molar-refractivity contribution in [3.63, 3.8) is 0 Å². The number of hydrogen-bond acceptors (Lipinski definition) is 6. The molecule has 0 saturated heterocycles. The number of rotatable bonds is 6. The fourth-order valence-electron chi connectivity index (χ4n) is 3.51. The molecule has 0 fully saturated rings. The lowest BCUT2D eigenvalue weighted by molar-refractivity contribution is 0.0689. The van der Waals surface area contributed by atoms with Crippen molar-refractivity contribution in [1.29, 1.82) is 0 Å². The summed E-state index contributed by atoms with van der Waals surface area (Å²) in [6.07, 6.45) is 0. The highest BCUT2D eigenvalue weighted by Crippen LogP contribution is 2.23. The van der Waals surface area contributed by atoms with Gasteiger partial charge in [0.2, 0.25) is 20.0 Å². The molecule has 4 aromatic rings. The van der Waals surface area contributed by atoms with Gasteiger partial charge in [-0.1, -0.05) is 36.4 Å². The van der Waals surface area contributed by atoms with Crippen molar-refractivity contribution >= 4 is 53.6 Å². The Morgan fingerprint density at radius 1 is 0.735 bits per heavy atom. The van der Waals surface area contributed by atoms with E-state index >= 15 is 0 Å². The van der Waals surface area contributed by atoms with Gasteiger partial charge < -0.3 is 5.11 Å². The Bertz CT molecular complexity index is 1490. The van der Waals surface area contributed by atoms with Gasteiger partial charge >= 0.3 is 5.97 Å². The highest BCUT2D eigenvalue weighted by molar-refractivity contribution is 7.90. The Kier molecular flexibility index (Phi) is 6.99. The van der Waals surface area contributed by atoms with Crippen LogP contribution in [0.25, 0.3) is 21.8 Å². The minimum Gasteiger partial charge on any atom is -0.477 e. The predicted molar refractivity (Wildman–Crippen MR) is 131 cm³/mol. The minimum atomic E-state index is -3.62. The molecule has 0 amide bonds. The molecule has 34 heavy (non-hydrogen) atoms. The molecule has 0 bridgehead atoms. The highest BCUT2D eigenvalue weighted by atomic mass is 32.2. The summed E-state index contributed by atoms with van der Waals surface area (Å²) in [4.78, 5) is 22.6. The molecule has 2 heterocycles. The lowest BCUT2D eigenvalue weighted by atomic mass is 10.2. The highest BCUT2D eigenvalue weighted by Gasteiger charge is 2.23. The number of ketones is 1. The quantitative estimate of drug-likeness (QED) is 0.397. The Balaban J connectivity index is 0.000000191. The molecule has 0 spiro atoms. The molecule has 0 unspecified atom stereocenters. The molecule has 0 aliphatic carbocycles. The van der Waals surface area contributed by atoms with Crippen LogP contribution in [-0.2, 0) is 20.0 Å². The summed E-state index contributed by atoms with van der Waals surface area (Å²) < 4.78 is 49.9. The van der Waals surface area contributed by atoms with Crippen molar-refractivity contribution in [2.24, 2.45) is 0 Å². The van der Waals surface area contributed by atoms with Crippen LogP contribution in [0.5, 0.6) is 0 Å². The number of carboxylic acid groups (broad SMARTS) is 1. The molecule has 0 radical (unpaired) electrons. The number of aromatic carboxylic acids is 1. The van der Waals surface area contributed by atoms with Crippen molar-refractivity contribution in [1.82, 2.24) is 7.94 Å². The second-order valence-corrected chi connectivity index (χ2v) is 11.6. The van der Waals surface area contributed by atoms with Gasteiger partial charge in [0, 0.05) is 17.7 Å². The van der Waals surface area contributed by atoms with E-state index in [4.69, 9.17) is 5.11 Å². The second kappa shape index (κ2) is 9.43. The van der Waals surface area contributed by atoms with E-state index in [0.29, 0.717) is 16.4 Å². The zero-order valence-electron chi connectivity index (χ0n) is 18.8. The summed E-state index contributed by atoms with van der Waals surface area (Å²) >= 11 is 0. The zero-order valence-corrected chi connectivity index (χ0v) is 20.4. The average Bonchev–Trinajstić information content (AvgIpc) is 3.39. The lowest BCUT2D eigenvalue weighted by Gasteiger charge is -2.07. The van der Waals surface area contributed by atoms with Crippen molar-refractivity contribution in [3.05, 3.63) is 72.1 Å². The van der Waals surface area contributed by atoms with Gasteiger partial charge in [-0.15, -0.1) is 0 Å². The Morgan fingerprint density at radius 2 is 1.12 bits per heavy atom. The first-order valence-corrected chi connectivity index (χ1v) is 13.6. The molecule has 0 aliphatic heterocycles. The van der Waals surface area contributed by atoms with E-state index in [0.717, 1.165) is 13.3 Å². The summed E-state index contributed by atoms with van der Waals surface area (Å²) in [7, 11) is -7.08. The average molecular weight is 505 g/mol. The third kappa shape index (κ3) is 4.62. The van der Waals surface area contributed by atoms with E-state index in [1.807, 2.05) is 6.07 Å². The van der Waals surface area contributed by atoms with Crippen LogP contribution in [0.1, 0.15) is 41.7 Å². The van der Waals surface area contributed by atoms with Gasteiger partial charge in [-0.3, -0.25) is 4.79 Å². The summed E-state index contributed by atoms with van der Waals surface area (Å²) in [5.74, 6) is -1.69. The van der Waals surface area contributed by atoms with E-state index < -0.39 is 26.0 Å². The Labute approximate surface area is 197 Å². The van der Waals surface area contributed by atoms with Crippen molar-refractivity contribution in [3.8, 4) is 0 Å². The summed E-state index contributed by atoms with van der Waals surface area (Å²) in [5, 5.41) is 10.4. The van der Waals surface area contributed by atoms with Gasteiger partial charge in [0.25, 0.3) is 0 Å². The van der Waals surface area contributed by atoms with Crippen LogP contribution in [0.4, 0.5) is 0 Å². The summed E-state index contributed by atoms with van der Waals surface area (Å²) in [6, 6.07) is 16.7. The molecule has 11 heteroatoms. The maximum atomic E-state index is 12.0. The predicted octanol–water partition coefficient (Wildman–Crippen LogP) is 3.58. The third-order valence-electron chi connectivity index (χ3n) is 5.20. The molecule has 0 atom stereocenters. The smallest absolute Gasteiger partial charge is 0.353 e. The van der Waals surface area contributed by atoms with Crippen molar-refractivity contribution in [2.75, 3.05) is 11.5 Å². The zero-order chi connectivity index (χ0) is 25.3. The maximum Gasteiger partial charge on any atom is 0.353 e. The number of Topliss-reactive ketones (excluding diaryl/α,β-unsaturated/α-hetero) is 1. The van der Waals surface area contributed by atoms with Gasteiger partial charge in [0.05, 0.1) is 22.5 Å². The molecule has 0 aliphatic rings. The van der Waals surface area contributed by atoms with Gasteiger partial charge in [-0.25, -0.2) is 29.6 Å². The molecule has 2 aromatic carbocycles. The number of fused-ring (bicyclic) bond motifs is 2. The van der Waals surface area contributed by atoms with Crippen LogP contribution >= 0.6 is 0 Å². The van der Waals surface area contributed by atoms with Gasteiger partial charge in [0.15, 0.2) is 5.78 Å². The summed E-state index contributed by atoms with van der Waals surface area (Å²) in [6.45, 7) is 4.42. The number of para-hydroxylation sites is 2. The normalized spacial score (nSPS) is 11.9. The molecular weight excluding hydrogens is 480 g/mol. The topological polar surface area (TPSA) is 133 Å². The standard InChI is InChI=1S/C12H13NO3S.C11H11NO4S/c1-3-17(15,16)13-11-7-5-4-6-10(11)8-12(13)9(2)14;1-2-17(15,16)12-9-6-4-3-5-8(9)7-10(12)11(13)14/h4-8H,3H2,1-2H3;3-7H,2H2,1H3,(H,13,14). The van der Waals surface area contributed by atoms with Crippen LogP contribution in [0.2, 0.25) is 0 Å². The lowest BCUT2D eigenvalue weighted by Crippen LogP contribution is -2.19. The number of carbonyl (C=O) groups is 2. The Morgan fingerprint density at radius 3 is 1.50 bits per heavy atom. The van der Waals surface area contributed by atoms with E-state index in [1.54, 1.807) is 55.5 Å². The van der Waals surface area contributed by atoms with E-state index in [9.17, 15) is 26.4 Å². The fourth-order valence-corrected chi connectivity index (χ4v) is 5.87. The molecule has 1 N–H and O–H groups in total. The second-order valence-electron chi connectivity index (χ2n) is 7.37. The molecule has 180 valence electrons. The SMILES string of the molecule is CCS(=O)(=O)n1c(C(=O)O)cc2ccccc21.CCS(=O)(=O)n1c(C(C)=O)cc2ccccc21. The molecule has 4 rings (SSSR count). The number of benzene rings is 2. The number of carboxylic acids is 1. The first-order valence-electron chi connectivity index (χ1n) is 10.4. The monoisotopic (exact) mass is 504 g/mol. The third-order valence-corrected chi connectivity index (χ3v) is 8.56. The molecular formula is C23H24N2O7S2. The van der Waals surface area contributed by atoms with Crippen molar-refractivity contribution in [2.45, 2.75) is 20.8 Å². The van der Waals surface area contributed by atoms with Crippen LogP contribution in [-0.4, -0.2) is 53.1 Å². The largest absolute Gasteiger partial charge is 0.477 e. The Hall–Kier alpha value is -3.44. The first kappa shape index (κ1) is 25.2. The minimum absolute atomic E-state index is 0.0358. The molecule has 9 nitrogen and oxygen atoms in total. The number of hydrogen-bond donors (Lipinski definition) is 1. The number of nitrogens with zero attached hydrogens (tertiary/aromatic N) is 2. The van der Waals surface area contributed by atoms with E-state index in [2.05, 4.69) is 0 Å². The van der Waals surface area contributed by atoms with Gasteiger partial charge in [-0.05, 0) is 38.1 Å². The van der Waals surface area contributed by atoms with Gasteiger partial charge in [0.1, 0.15) is 11.4 Å². The fraction of sp³-hybridized carbons (Fsp3) is 0.217. The summed E-state index contributed by atoms with van der Waals surface area (Å²) in [5.41, 5.74) is 0.937. The maximum absolute atomic E-state index is 12.0. The molecule has 0 saturated carbocycles. The van der Waals surface area contributed by atoms with Crippen LogP contribution < -0.4 is 0 Å². The number of carbonyl (C=O) groups excluding carboxylic acids is 1. The van der Waals surface area contributed by atoms with Crippen LogP contribution in [0, 0.1) is 0 Å². The van der Waals surface area contributed by atoms with Crippen molar-refractivity contribution < 1.29 is 31.5 Å². The van der Waals surface area contributed by atoms with Crippen LogP contribution in [0.15, 0.2) is 60.7 Å². The number of aromatic nitrogens is 2. The van der Waals surface area contributed by atoms with E-state index in [-0.39, 0.29) is 28.7 Å². The van der Waals surface area contributed by atoms with Gasteiger partial charge in [-0.2, -0.15) is 0 Å². The molecule has 2 aromatic heterocycles. The first-order chi connectivity index (χ1) is 15.9.